The zero-order chi connectivity index (χ0) is 21.4. The Morgan fingerprint density at radius 2 is 1.84 bits per heavy atom. The number of rotatable bonds is 5. The molecular formula is C23H18BrN5OS. The van der Waals surface area contributed by atoms with E-state index in [9.17, 15) is 4.91 Å². The summed E-state index contributed by atoms with van der Waals surface area (Å²) in [5.41, 5.74) is 5.73. The van der Waals surface area contributed by atoms with Crippen LogP contribution in [0.15, 0.2) is 87.1 Å². The predicted octanol–water partition coefficient (Wildman–Crippen LogP) is 6.50. The zero-order valence-corrected chi connectivity index (χ0v) is 19.0. The molecule has 0 amide bonds. The maximum Gasteiger partial charge on any atom is 0.109 e. The number of halogens is 1. The molecule has 5 rings (SSSR count). The molecule has 1 aliphatic heterocycles. The Morgan fingerprint density at radius 3 is 2.52 bits per heavy atom. The van der Waals surface area contributed by atoms with E-state index in [1.54, 1.807) is 11.3 Å². The average molecular weight is 492 g/mol. The second kappa shape index (κ2) is 8.20. The minimum atomic E-state index is -0.317. The van der Waals surface area contributed by atoms with Crippen LogP contribution in [0.3, 0.4) is 0 Å². The van der Waals surface area contributed by atoms with E-state index in [2.05, 4.69) is 26.3 Å². The van der Waals surface area contributed by atoms with Gasteiger partial charge in [-0.3, -0.25) is 0 Å². The molecule has 0 bridgehead atoms. The summed E-state index contributed by atoms with van der Waals surface area (Å²) in [4.78, 5) is 12.7. The summed E-state index contributed by atoms with van der Waals surface area (Å²) in [6.07, 6.45) is 2.56. The van der Waals surface area contributed by atoms with Gasteiger partial charge < -0.3 is 0 Å². The van der Waals surface area contributed by atoms with Gasteiger partial charge in [-0.1, -0.05) is 48.0 Å². The number of nitrogens with zero attached hydrogens (tertiary/aromatic N) is 5. The lowest BCUT2D eigenvalue weighted by Gasteiger charge is -2.14. The molecule has 1 aliphatic rings. The van der Waals surface area contributed by atoms with Gasteiger partial charge in [-0.2, -0.15) is 10.2 Å². The minimum absolute atomic E-state index is 0.317. The third-order valence-electron chi connectivity index (χ3n) is 5.29. The van der Waals surface area contributed by atoms with Crippen LogP contribution in [-0.4, -0.2) is 20.6 Å². The Labute approximate surface area is 191 Å². The van der Waals surface area contributed by atoms with E-state index in [1.807, 2.05) is 84.5 Å². The van der Waals surface area contributed by atoms with Crippen LogP contribution in [0, 0.1) is 11.8 Å². The second-order valence-corrected chi connectivity index (χ2v) is 9.81. The number of hydrazone groups is 1. The first-order chi connectivity index (χ1) is 15.1. The first kappa shape index (κ1) is 19.8. The van der Waals surface area contributed by atoms with Crippen molar-refractivity contribution in [3.63, 3.8) is 0 Å². The molecule has 0 saturated carbocycles. The molecule has 6 nitrogen and oxygen atoms in total. The molecule has 0 fully saturated rings. The summed E-state index contributed by atoms with van der Waals surface area (Å²) in [6.45, 7) is 2.05. The Hall–Kier alpha value is -3.10. The molecule has 1 atom stereocenters. The standard InChI is InChI=1S/C23H18BrN5OS/c1-15-7-9-16(10-8-15)19-13-20(29(25-19)27-30)18-14-28(17-5-3-2-4-6-17)26-23(18)21-11-12-22(24)31-21/h2-12,14,20H,13H2,1H3. The van der Waals surface area contributed by atoms with Crippen molar-refractivity contribution in [1.29, 1.82) is 0 Å². The number of para-hydroxylation sites is 1. The van der Waals surface area contributed by atoms with E-state index in [0.717, 1.165) is 36.9 Å². The number of hydrogen-bond acceptors (Lipinski definition) is 5. The summed E-state index contributed by atoms with van der Waals surface area (Å²) in [7, 11) is 0. The van der Waals surface area contributed by atoms with Crippen LogP contribution in [0.2, 0.25) is 0 Å². The van der Waals surface area contributed by atoms with Crippen molar-refractivity contribution in [3.8, 4) is 16.3 Å². The monoisotopic (exact) mass is 491 g/mol. The quantitative estimate of drug-likeness (QED) is 0.299. The van der Waals surface area contributed by atoms with Crippen LogP contribution in [0.4, 0.5) is 0 Å². The second-order valence-electron chi connectivity index (χ2n) is 7.35. The molecule has 8 heteroatoms. The van der Waals surface area contributed by atoms with Crippen molar-refractivity contribution in [1.82, 2.24) is 14.9 Å². The van der Waals surface area contributed by atoms with Crippen molar-refractivity contribution in [2.45, 2.75) is 19.4 Å². The van der Waals surface area contributed by atoms with Gasteiger partial charge in [-0.15, -0.1) is 21.4 Å². The molecule has 2 aromatic heterocycles. The van der Waals surface area contributed by atoms with E-state index in [-0.39, 0.29) is 6.04 Å². The highest BCUT2D eigenvalue weighted by atomic mass is 79.9. The van der Waals surface area contributed by atoms with Crippen molar-refractivity contribution in [2.75, 3.05) is 0 Å². The first-order valence-electron chi connectivity index (χ1n) is 9.80. The number of nitroso groups, excluding NO2 is 1. The first-order valence-corrected chi connectivity index (χ1v) is 11.4. The van der Waals surface area contributed by atoms with Gasteiger partial charge in [-0.25, -0.2) is 4.68 Å². The van der Waals surface area contributed by atoms with Crippen LogP contribution in [0.5, 0.6) is 0 Å². The third kappa shape index (κ3) is 3.84. The molecule has 4 aromatic rings. The highest BCUT2D eigenvalue weighted by Gasteiger charge is 2.34. The maximum absolute atomic E-state index is 11.7. The van der Waals surface area contributed by atoms with Gasteiger partial charge in [0.2, 0.25) is 0 Å². The van der Waals surface area contributed by atoms with Gasteiger partial charge in [0.25, 0.3) is 0 Å². The number of aryl methyl sites for hydroxylation is 1. The summed E-state index contributed by atoms with van der Waals surface area (Å²) >= 11 is 5.15. The fourth-order valence-electron chi connectivity index (χ4n) is 3.71. The number of aromatic nitrogens is 2. The van der Waals surface area contributed by atoms with Gasteiger partial charge in [0, 0.05) is 18.2 Å². The molecule has 31 heavy (non-hydrogen) atoms. The fourth-order valence-corrected chi connectivity index (χ4v) is 5.10. The largest absolute Gasteiger partial charge is 0.240 e. The van der Waals surface area contributed by atoms with Gasteiger partial charge in [0.1, 0.15) is 11.7 Å². The van der Waals surface area contributed by atoms with Gasteiger partial charge in [0.05, 0.1) is 25.3 Å². The minimum Gasteiger partial charge on any atom is -0.240 e. The van der Waals surface area contributed by atoms with Gasteiger partial charge in [0.15, 0.2) is 0 Å². The van der Waals surface area contributed by atoms with Crippen LogP contribution in [0.25, 0.3) is 16.3 Å². The van der Waals surface area contributed by atoms with Crippen molar-refractivity contribution in [2.24, 2.45) is 10.4 Å². The molecule has 0 N–H and O–H groups in total. The highest BCUT2D eigenvalue weighted by molar-refractivity contribution is 9.11. The fraction of sp³-hybridized carbons (Fsp3) is 0.130. The summed E-state index contributed by atoms with van der Waals surface area (Å²) in [6, 6.07) is 21.8. The van der Waals surface area contributed by atoms with Crippen molar-refractivity contribution < 1.29 is 0 Å². The van der Waals surface area contributed by atoms with Gasteiger partial charge in [-0.05, 0) is 52.7 Å². The van der Waals surface area contributed by atoms with Gasteiger partial charge >= 0.3 is 0 Å². The molecule has 154 valence electrons. The van der Waals surface area contributed by atoms with E-state index in [1.165, 1.54) is 10.7 Å². The number of thiophene rings is 1. The average Bonchev–Trinajstić information content (AvgIpc) is 3.52. The van der Waals surface area contributed by atoms with E-state index >= 15 is 0 Å². The van der Waals surface area contributed by atoms with E-state index in [4.69, 9.17) is 5.10 Å². The smallest absolute Gasteiger partial charge is 0.109 e. The van der Waals surface area contributed by atoms with Crippen molar-refractivity contribution >= 4 is 33.0 Å². The van der Waals surface area contributed by atoms with Crippen LogP contribution >= 0.6 is 27.3 Å². The predicted molar refractivity (Wildman–Crippen MR) is 127 cm³/mol. The molecule has 0 aliphatic carbocycles. The third-order valence-corrected chi connectivity index (χ3v) is 6.92. The molecule has 0 spiro atoms. The van der Waals surface area contributed by atoms with Crippen LogP contribution < -0.4 is 0 Å². The van der Waals surface area contributed by atoms with E-state index < -0.39 is 0 Å². The highest BCUT2D eigenvalue weighted by Crippen LogP contribution is 2.40. The van der Waals surface area contributed by atoms with Crippen LogP contribution in [-0.2, 0) is 0 Å². The van der Waals surface area contributed by atoms with Crippen molar-refractivity contribution in [3.05, 3.63) is 98.3 Å². The molecular weight excluding hydrogens is 474 g/mol. The Bertz CT molecular complexity index is 1260. The molecule has 0 radical (unpaired) electrons. The Morgan fingerprint density at radius 1 is 1.06 bits per heavy atom. The summed E-state index contributed by atoms with van der Waals surface area (Å²) in [5, 5.41) is 13.9. The lowest BCUT2D eigenvalue weighted by molar-refractivity contribution is 0.242. The lowest BCUT2D eigenvalue weighted by atomic mass is 9.98. The number of benzene rings is 2. The maximum atomic E-state index is 11.7. The Kier molecular flexibility index (Phi) is 5.25. The lowest BCUT2D eigenvalue weighted by Crippen LogP contribution is -2.13. The van der Waals surface area contributed by atoms with E-state index in [0.29, 0.717) is 6.42 Å². The van der Waals surface area contributed by atoms with Crippen LogP contribution in [0.1, 0.15) is 29.2 Å². The molecule has 1 unspecified atom stereocenters. The molecule has 2 aromatic carbocycles. The zero-order valence-electron chi connectivity index (χ0n) is 16.6. The summed E-state index contributed by atoms with van der Waals surface area (Å²) < 4.78 is 2.88. The molecule has 3 heterocycles. The summed E-state index contributed by atoms with van der Waals surface area (Å²) in [5.74, 6) is 0. The SMILES string of the molecule is Cc1ccc(C2=NN(N=O)C(c3cn(-c4ccccc4)nc3-c3ccc(Br)s3)C2)cc1. The Balaban J connectivity index is 1.58. The normalized spacial score (nSPS) is 15.9. The topological polar surface area (TPSA) is 62.9 Å². The number of hydrogen-bond donors (Lipinski definition) is 0. The molecule has 0 saturated heterocycles.